The van der Waals surface area contributed by atoms with E-state index in [1.165, 1.54) is 28.1 Å². The van der Waals surface area contributed by atoms with E-state index in [2.05, 4.69) is 0 Å². The minimum atomic E-state index is -1.02. The second kappa shape index (κ2) is 7.78. The molecule has 10 heteroatoms. The predicted octanol–water partition coefficient (Wildman–Crippen LogP) is 3.61. The van der Waals surface area contributed by atoms with Crippen LogP contribution in [-0.2, 0) is 4.74 Å². The van der Waals surface area contributed by atoms with E-state index in [0.29, 0.717) is 28.0 Å². The van der Waals surface area contributed by atoms with Gasteiger partial charge in [-0.3, -0.25) is 19.3 Å². The number of aromatic nitrogens is 1. The smallest absolute Gasteiger partial charge is 0.278 e. The van der Waals surface area contributed by atoms with Gasteiger partial charge in [-0.25, -0.2) is 8.78 Å². The van der Waals surface area contributed by atoms with Gasteiger partial charge in [0.2, 0.25) is 5.43 Å². The molecule has 4 heterocycles. The molecule has 1 saturated heterocycles. The molecule has 4 aromatic rings. The number of hydrogen-bond acceptors (Lipinski definition) is 6. The molecule has 2 aliphatic heterocycles. The van der Waals surface area contributed by atoms with Crippen LogP contribution < -0.4 is 10.4 Å². The average Bonchev–Trinajstić information content (AvgIpc) is 3.35. The summed E-state index contributed by atoms with van der Waals surface area (Å²) in [5.74, 6) is -2.84. The molecule has 1 aliphatic carbocycles. The average molecular weight is 503 g/mol. The van der Waals surface area contributed by atoms with Crippen LogP contribution in [0, 0.1) is 11.6 Å². The van der Waals surface area contributed by atoms with Crippen molar-refractivity contribution in [1.82, 2.24) is 9.58 Å². The molecule has 0 radical (unpaired) electrons. The fraction of sp³-hybridized carbons (Fsp3) is 0.185. The first-order chi connectivity index (χ1) is 18.0. The van der Waals surface area contributed by atoms with E-state index in [1.807, 2.05) is 24.3 Å². The summed E-state index contributed by atoms with van der Waals surface area (Å²) >= 11 is 0. The lowest BCUT2D eigenvalue weighted by Crippen LogP contribution is -2.66. The van der Waals surface area contributed by atoms with E-state index < -0.39 is 40.9 Å². The van der Waals surface area contributed by atoms with Gasteiger partial charge in [0.1, 0.15) is 11.9 Å². The summed E-state index contributed by atoms with van der Waals surface area (Å²) in [4.78, 5) is 27.3. The normalized spacial score (nSPS) is 19.9. The highest BCUT2D eigenvalue weighted by atomic mass is 19.2. The maximum atomic E-state index is 15.6. The number of ether oxygens (including phenoxy) is 1. The molecule has 8 nitrogen and oxygen atoms in total. The zero-order valence-electron chi connectivity index (χ0n) is 19.2. The number of carbonyl (C=O) groups is 1. The van der Waals surface area contributed by atoms with Crippen molar-refractivity contribution in [3.05, 3.63) is 99.7 Å². The van der Waals surface area contributed by atoms with Crippen LogP contribution in [0.15, 0.2) is 70.2 Å². The molecular weight excluding hydrogens is 484 g/mol. The highest BCUT2D eigenvalue weighted by molar-refractivity contribution is 5.97. The molecule has 2 aromatic heterocycles. The lowest BCUT2D eigenvalue weighted by atomic mass is 9.92. The Kier molecular flexibility index (Phi) is 4.58. The van der Waals surface area contributed by atoms with Crippen molar-refractivity contribution >= 4 is 5.91 Å². The number of carbonyl (C=O) groups excluding carboxylic acids is 1. The van der Waals surface area contributed by atoms with Gasteiger partial charge in [0.05, 0.1) is 25.5 Å². The Morgan fingerprint density at radius 3 is 2.68 bits per heavy atom. The van der Waals surface area contributed by atoms with Crippen molar-refractivity contribution in [2.24, 2.45) is 0 Å². The first-order valence-electron chi connectivity index (χ1n) is 11.7. The van der Waals surface area contributed by atoms with Gasteiger partial charge in [-0.2, -0.15) is 0 Å². The number of hydrogen-bond donors (Lipinski definition) is 1. The van der Waals surface area contributed by atoms with Crippen molar-refractivity contribution in [1.29, 1.82) is 0 Å². The Labute approximate surface area is 208 Å². The number of morpholine rings is 1. The van der Waals surface area contributed by atoms with Crippen LogP contribution in [-0.4, -0.2) is 46.5 Å². The molecule has 186 valence electrons. The molecule has 0 spiro atoms. The van der Waals surface area contributed by atoms with E-state index >= 15 is 4.39 Å². The summed E-state index contributed by atoms with van der Waals surface area (Å²) in [7, 11) is 0. The Morgan fingerprint density at radius 2 is 1.81 bits per heavy atom. The molecular formula is C27H19F2N3O5. The topological polar surface area (TPSA) is 88.2 Å². The van der Waals surface area contributed by atoms with Gasteiger partial charge in [-0.15, -0.1) is 0 Å². The number of furan rings is 1. The van der Waals surface area contributed by atoms with Gasteiger partial charge in [0.15, 0.2) is 23.1 Å². The number of rotatable bonds is 1. The summed E-state index contributed by atoms with van der Waals surface area (Å²) in [6.45, 7) is 0.626. The first kappa shape index (κ1) is 21.8. The molecule has 1 N–H and O–H groups in total. The van der Waals surface area contributed by atoms with E-state index in [4.69, 9.17) is 9.15 Å². The lowest BCUT2D eigenvalue weighted by Gasteiger charge is -2.51. The molecule has 0 saturated carbocycles. The molecule has 7 rings (SSSR count). The number of fused-ring (bicyclic) bond motifs is 7. The number of pyridine rings is 1. The van der Waals surface area contributed by atoms with Crippen molar-refractivity contribution in [3.8, 4) is 28.2 Å². The van der Waals surface area contributed by atoms with Gasteiger partial charge < -0.3 is 19.2 Å². The van der Waals surface area contributed by atoms with E-state index in [-0.39, 0.29) is 31.0 Å². The Hall–Kier alpha value is -4.44. The number of amides is 1. The summed E-state index contributed by atoms with van der Waals surface area (Å²) in [5, 5.41) is 12.5. The third-order valence-corrected chi connectivity index (χ3v) is 7.30. The van der Waals surface area contributed by atoms with Crippen LogP contribution in [0.1, 0.15) is 27.7 Å². The third-order valence-electron chi connectivity index (χ3n) is 7.30. The minimum Gasteiger partial charge on any atom is -0.502 e. The highest BCUT2D eigenvalue weighted by Crippen LogP contribution is 2.49. The van der Waals surface area contributed by atoms with Crippen LogP contribution in [0.5, 0.6) is 5.75 Å². The van der Waals surface area contributed by atoms with Crippen LogP contribution in [0.3, 0.4) is 0 Å². The summed E-state index contributed by atoms with van der Waals surface area (Å²) in [5.41, 5.74) is 1.33. The summed E-state index contributed by atoms with van der Waals surface area (Å²) in [6.07, 6.45) is 2.18. The van der Waals surface area contributed by atoms with Crippen molar-refractivity contribution in [2.75, 3.05) is 24.8 Å². The Bertz CT molecular complexity index is 1660. The summed E-state index contributed by atoms with van der Waals surface area (Å²) in [6, 6.07) is 11.9. The second-order valence-electron chi connectivity index (χ2n) is 9.13. The molecule has 3 aliphatic rings. The van der Waals surface area contributed by atoms with Crippen molar-refractivity contribution < 1.29 is 27.8 Å². The van der Waals surface area contributed by atoms with Gasteiger partial charge in [-0.1, -0.05) is 30.3 Å². The molecule has 1 amide bonds. The molecule has 0 bridgehead atoms. The zero-order chi connectivity index (χ0) is 25.4. The van der Waals surface area contributed by atoms with Gasteiger partial charge in [0, 0.05) is 35.5 Å². The fourth-order valence-corrected chi connectivity index (χ4v) is 5.71. The number of nitrogens with zero attached hydrogens (tertiary/aromatic N) is 3. The van der Waals surface area contributed by atoms with Gasteiger partial charge in [0.25, 0.3) is 5.91 Å². The predicted molar refractivity (Wildman–Crippen MR) is 128 cm³/mol. The van der Waals surface area contributed by atoms with Crippen molar-refractivity contribution in [2.45, 2.75) is 12.2 Å². The minimum absolute atomic E-state index is 0.0388. The standard InChI is InChI=1S/C27H19F2N3O5/c28-18-6-5-16-21(22(18)29)17-8-11-37-26(17)15-4-2-1-3-14(15)23(16)32-20-13-36-12-10-30(20)27(35)24-25(34)19(33)7-9-31(24)32/h1-9,11,20,23,34H,10,12-13H2. The van der Waals surface area contributed by atoms with Gasteiger partial charge in [-0.05, 0) is 23.3 Å². The maximum Gasteiger partial charge on any atom is 0.278 e. The molecule has 2 aromatic carbocycles. The molecule has 1 fully saturated rings. The van der Waals surface area contributed by atoms with Crippen molar-refractivity contribution in [3.63, 3.8) is 0 Å². The first-order valence-corrected chi connectivity index (χ1v) is 11.7. The Morgan fingerprint density at radius 1 is 0.973 bits per heavy atom. The zero-order valence-corrected chi connectivity index (χ0v) is 19.2. The fourth-order valence-electron chi connectivity index (χ4n) is 5.71. The molecule has 2 unspecified atom stereocenters. The lowest BCUT2D eigenvalue weighted by molar-refractivity contribution is -0.0196. The van der Waals surface area contributed by atoms with E-state index in [9.17, 15) is 19.1 Å². The largest absolute Gasteiger partial charge is 0.502 e. The van der Waals surface area contributed by atoms with E-state index in [1.54, 1.807) is 11.1 Å². The highest BCUT2D eigenvalue weighted by Gasteiger charge is 2.46. The number of halogens is 2. The van der Waals surface area contributed by atoms with Crippen LogP contribution >= 0.6 is 0 Å². The molecule has 37 heavy (non-hydrogen) atoms. The maximum absolute atomic E-state index is 15.6. The van der Waals surface area contributed by atoms with Crippen LogP contribution in [0.4, 0.5) is 8.78 Å². The second-order valence-corrected chi connectivity index (χ2v) is 9.13. The van der Waals surface area contributed by atoms with Crippen LogP contribution in [0.2, 0.25) is 0 Å². The van der Waals surface area contributed by atoms with Gasteiger partial charge >= 0.3 is 0 Å². The Balaban J connectivity index is 1.59. The monoisotopic (exact) mass is 503 g/mol. The quantitative estimate of drug-likeness (QED) is 0.427. The molecule has 2 atom stereocenters. The number of benzene rings is 2. The van der Waals surface area contributed by atoms with Crippen LogP contribution in [0.25, 0.3) is 22.5 Å². The third kappa shape index (κ3) is 2.90. The summed E-state index contributed by atoms with van der Waals surface area (Å²) < 4.78 is 43.2. The van der Waals surface area contributed by atoms with E-state index in [0.717, 1.165) is 12.1 Å². The SMILES string of the molecule is O=C1c2c(O)c(=O)ccn2N(C2c3ccccc3-c3occc3-c3c2ccc(F)c3F)C2COCCN12. The number of aromatic hydroxyl groups is 1.